The van der Waals surface area contributed by atoms with Crippen LogP contribution in [-0.4, -0.2) is 43.8 Å². The molecule has 1 amide bonds. The second-order valence-corrected chi connectivity index (χ2v) is 10.4. The first-order valence-corrected chi connectivity index (χ1v) is 12.6. The number of methoxy groups -OCH3 is 1. The molecule has 1 aliphatic heterocycles. The lowest BCUT2D eigenvalue weighted by Gasteiger charge is -2.26. The summed E-state index contributed by atoms with van der Waals surface area (Å²) in [6, 6.07) is 10.4. The van der Waals surface area contributed by atoms with Crippen LogP contribution >= 0.6 is 11.3 Å². The molecule has 0 unspecified atom stereocenters. The number of hydrogen-bond donors (Lipinski definition) is 1. The van der Waals surface area contributed by atoms with E-state index in [2.05, 4.69) is 23.3 Å². The molecule has 3 aromatic rings. The maximum Gasteiger partial charge on any atom is 0.261 e. The standard InChI is InChI=1S/C22H25N3O4S2/c1-3-15-7-9-18-20(13-15)30-22(23-18)24-21(26)17-14-16(8-10-19(17)29-2)31(27,28)25-11-5-4-6-12-25/h7-10,13-14H,3-6,11-12H2,1-2H3,(H,23,24,26). The molecular weight excluding hydrogens is 434 g/mol. The Morgan fingerprint density at radius 3 is 2.65 bits per heavy atom. The number of carbonyl (C=O) groups excluding carboxylic acids is 1. The Bertz CT molecular complexity index is 1210. The van der Waals surface area contributed by atoms with E-state index in [1.807, 2.05) is 12.1 Å². The van der Waals surface area contributed by atoms with Crippen LogP contribution in [0.3, 0.4) is 0 Å². The Balaban J connectivity index is 1.63. The van der Waals surface area contributed by atoms with Crippen molar-refractivity contribution in [3.63, 3.8) is 0 Å². The molecule has 0 radical (unpaired) electrons. The number of amides is 1. The molecule has 9 heteroatoms. The summed E-state index contributed by atoms with van der Waals surface area (Å²) < 4.78 is 33.9. The summed E-state index contributed by atoms with van der Waals surface area (Å²) in [7, 11) is -2.21. The van der Waals surface area contributed by atoms with E-state index in [9.17, 15) is 13.2 Å². The molecule has 2 aromatic carbocycles. The van der Waals surface area contributed by atoms with Crippen LogP contribution in [0.5, 0.6) is 5.75 Å². The number of aryl methyl sites for hydroxylation is 1. The van der Waals surface area contributed by atoms with Gasteiger partial charge in [-0.2, -0.15) is 4.31 Å². The second kappa shape index (κ2) is 8.94. The number of hydrogen-bond acceptors (Lipinski definition) is 6. The van der Waals surface area contributed by atoms with Crippen molar-refractivity contribution in [1.82, 2.24) is 9.29 Å². The van der Waals surface area contributed by atoms with Crippen LogP contribution in [-0.2, 0) is 16.4 Å². The summed E-state index contributed by atoms with van der Waals surface area (Å²) in [6.45, 7) is 3.09. The minimum atomic E-state index is -3.66. The van der Waals surface area contributed by atoms with Crippen molar-refractivity contribution in [2.24, 2.45) is 0 Å². The SMILES string of the molecule is CCc1ccc2nc(NC(=O)c3cc(S(=O)(=O)N4CCCCC4)ccc3OC)sc2c1. The fourth-order valence-electron chi connectivity index (χ4n) is 3.69. The molecule has 0 saturated carbocycles. The molecule has 0 atom stereocenters. The number of benzene rings is 2. The summed E-state index contributed by atoms with van der Waals surface area (Å²) in [5.41, 5.74) is 2.17. The van der Waals surface area contributed by atoms with Gasteiger partial charge in [-0.05, 0) is 55.2 Å². The highest BCUT2D eigenvalue weighted by Gasteiger charge is 2.28. The molecule has 2 heterocycles. The quantitative estimate of drug-likeness (QED) is 0.594. The van der Waals surface area contributed by atoms with Gasteiger partial charge in [0, 0.05) is 13.1 Å². The Morgan fingerprint density at radius 1 is 1.16 bits per heavy atom. The van der Waals surface area contributed by atoms with Gasteiger partial charge in [0.1, 0.15) is 5.75 Å². The van der Waals surface area contributed by atoms with Gasteiger partial charge in [0.2, 0.25) is 10.0 Å². The minimum absolute atomic E-state index is 0.0947. The first kappa shape index (κ1) is 21.7. The molecule has 4 rings (SSSR count). The molecule has 7 nitrogen and oxygen atoms in total. The van der Waals surface area contributed by atoms with Gasteiger partial charge in [0.05, 0.1) is 27.8 Å². The highest BCUT2D eigenvalue weighted by atomic mass is 32.2. The Labute approximate surface area is 186 Å². The number of anilines is 1. The van der Waals surface area contributed by atoms with E-state index in [1.165, 1.54) is 46.5 Å². The Hall–Kier alpha value is -2.49. The zero-order valence-electron chi connectivity index (χ0n) is 17.6. The van der Waals surface area contributed by atoms with E-state index in [4.69, 9.17) is 4.74 Å². The maximum absolute atomic E-state index is 13.0. The number of aromatic nitrogens is 1. The highest BCUT2D eigenvalue weighted by molar-refractivity contribution is 7.89. The number of thiazole rings is 1. The third-order valence-corrected chi connectivity index (χ3v) is 8.28. The molecule has 0 bridgehead atoms. The number of fused-ring (bicyclic) bond motifs is 1. The first-order valence-electron chi connectivity index (χ1n) is 10.3. The summed E-state index contributed by atoms with van der Waals surface area (Å²) in [5.74, 6) is -0.146. The minimum Gasteiger partial charge on any atom is -0.496 e. The summed E-state index contributed by atoms with van der Waals surface area (Å²) in [5, 5.41) is 3.26. The van der Waals surface area contributed by atoms with E-state index < -0.39 is 15.9 Å². The Morgan fingerprint density at radius 2 is 1.94 bits per heavy atom. The van der Waals surface area contributed by atoms with Crippen molar-refractivity contribution < 1.29 is 17.9 Å². The monoisotopic (exact) mass is 459 g/mol. The van der Waals surface area contributed by atoms with Crippen LogP contribution in [0.2, 0.25) is 0 Å². The number of rotatable bonds is 6. The highest BCUT2D eigenvalue weighted by Crippen LogP contribution is 2.30. The van der Waals surface area contributed by atoms with Gasteiger partial charge in [-0.1, -0.05) is 30.7 Å². The smallest absolute Gasteiger partial charge is 0.261 e. The van der Waals surface area contributed by atoms with E-state index in [0.717, 1.165) is 35.9 Å². The van der Waals surface area contributed by atoms with Crippen LogP contribution in [0.1, 0.15) is 42.1 Å². The number of carbonyl (C=O) groups is 1. The molecule has 1 fully saturated rings. The summed E-state index contributed by atoms with van der Waals surface area (Å²) in [4.78, 5) is 17.6. The molecule has 164 valence electrons. The van der Waals surface area contributed by atoms with Crippen LogP contribution < -0.4 is 10.1 Å². The van der Waals surface area contributed by atoms with E-state index in [0.29, 0.717) is 24.0 Å². The molecule has 1 saturated heterocycles. The molecule has 31 heavy (non-hydrogen) atoms. The normalized spacial score (nSPS) is 15.2. The van der Waals surface area contributed by atoms with Gasteiger partial charge in [-0.15, -0.1) is 0 Å². The third kappa shape index (κ3) is 4.44. The van der Waals surface area contributed by atoms with Crippen molar-refractivity contribution in [3.8, 4) is 5.75 Å². The number of sulfonamides is 1. The zero-order valence-corrected chi connectivity index (χ0v) is 19.2. The predicted octanol–water partition coefficient (Wildman–Crippen LogP) is 4.29. The van der Waals surface area contributed by atoms with Gasteiger partial charge in [-0.25, -0.2) is 13.4 Å². The van der Waals surface area contributed by atoms with Crippen molar-refractivity contribution in [1.29, 1.82) is 0 Å². The van der Waals surface area contributed by atoms with Crippen LogP contribution in [0.15, 0.2) is 41.3 Å². The van der Waals surface area contributed by atoms with Gasteiger partial charge in [0.15, 0.2) is 5.13 Å². The van der Waals surface area contributed by atoms with Gasteiger partial charge in [-0.3, -0.25) is 10.1 Å². The lowest BCUT2D eigenvalue weighted by Crippen LogP contribution is -2.35. The van der Waals surface area contributed by atoms with E-state index >= 15 is 0 Å². The summed E-state index contributed by atoms with van der Waals surface area (Å²) in [6.07, 6.45) is 3.65. The van der Waals surface area contributed by atoms with Crippen molar-refractivity contribution in [2.75, 3.05) is 25.5 Å². The molecule has 0 aliphatic carbocycles. The van der Waals surface area contributed by atoms with E-state index in [-0.39, 0.29) is 10.5 Å². The average molecular weight is 460 g/mol. The van der Waals surface area contributed by atoms with Crippen LogP contribution in [0.4, 0.5) is 5.13 Å². The lowest BCUT2D eigenvalue weighted by atomic mass is 10.2. The molecule has 1 aromatic heterocycles. The first-order chi connectivity index (χ1) is 14.9. The largest absolute Gasteiger partial charge is 0.496 e. The van der Waals surface area contributed by atoms with E-state index in [1.54, 1.807) is 0 Å². The molecule has 1 aliphatic rings. The number of nitrogens with one attached hydrogen (secondary N) is 1. The van der Waals surface area contributed by atoms with Crippen LogP contribution in [0, 0.1) is 0 Å². The molecular formula is C22H25N3O4S2. The predicted molar refractivity (Wildman–Crippen MR) is 123 cm³/mol. The topological polar surface area (TPSA) is 88.6 Å². The molecule has 0 spiro atoms. The zero-order chi connectivity index (χ0) is 22.0. The van der Waals surface area contributed by atoms with Crippen molar-refractivity contribution in [3.05, 3.63) is 47.5 Å². The molecule has 1 N–H and O–H groups in total. The van der Waals surface area contributed by atoms with Gasteiger partial charge < -0.3 is 4.74 Å². The maximum atomic E-state index is 13.0. The van der Waals surface area contributed by atoms with Crippen molar-refractivity contribution >= 4 is 42.6 Å². The number of nitrogens with zero attached hydrogens (tertiary/aromatic N) is 2. The second-order valence-electron chi connectivity index (χ2n) is 7.46. The fraction of sp³-hybridized carbons (Fsp3) is 0.364. The van der Waals surface area contributed by atoms with Crippen molar-refractivity contribution in [2.45, 2.75) is 37.5 Å². The van der Waals surface area contributed by atoms with Gasteiger partial charge in [0.25, 0.3) is 5.91 Å². The number of piperidine rings is 1. The average Bonchev–Trinajstić information content (AvgIpc) is 3.20. The third-order valence-electron chi connectivity index (χ3n) is 5.45. The number of ether oxygens (including phenoxy) is 1. The lowest BCUT2D eigenvalue weighted by molar-refractivity contribution is 0.102. The van der Waals surface area contributed by atoms with Crippen LogP contribution in [0.25, 0.3) is 10.2 Å². The fourth-order valence-corrected chi connectivity index (χ4v) is 6.15. The summed E-state index contributed by atoms with van der Waals surface area (Å²) >= 11 is 1.39. The Kier molecular flexibility index (Phi) is 6.27. The van der Waals surface area contributed by atoms with Gasteiger partial charge >= 0.3 is 0 Å².